The molecule has 2 aromatic carbocycles. The summed E-state index contributed by atoms with van der Waals surface area (Å²) in [5.41, 5.74) is 2.00. The number of phenols is 1. The van der Waals surface area contributed by atoms with Gasteiger partial charge in [0.2, 0.25) is 0 Å². The van der Waals surface area contributed by atoms with E-state index in [4.69, 9.17) is 0 Å². The van der Waals surface area contributed by atoms with E-state index in [1.807, 2.05) is 13.8 Å². The van der Waals surface area contributed by atoms with Gasteiger partial charge >= 0.3 is 0 Å². The van der Waals surface area contributed by atoms with Gasteiger partial charge in [-0.2, -0.15) is 0 Å². The van der Waals surface area contributed by atoms with Gasteiger partial charge in [-0.25, -0.2) is 8.78 Å². The van der Waals surface area contributed by atoms with Gasteiger partial charge in [0, 0.05) is 29.3 Å². The molecule has 4 nitrogen and oxygen atoms in total. The van der Waals surface area contributed by atoms with Crippen LogP contribution in [0.2, 0.25) is 0 Å². The molecule has 1 heterocycles. The summed E-state index contributed by atoms with van der Waals surface area (Å²) >= 11 is 0. The van der Waals surface area contributed by atoms with Gasteiger partial charge in [0.15, 0.2) is 5.78 Å². The lowest BCUT2D eigenvalue weighted by molar-refractivity contribution is -0.118. The van der Waals surface area contributed by atoms with E-state index in [1.54, 1.807) is 18.2 Å². The minimum atomic E-state index is -0.778. The number of halogens is 2. The Morgan fingerprint density at radius 3 is 2.67 bits per heavy atom. The van der Waals surface area contributed by atoms with Crippen LogP contribution in [0.4, 0.5) is 20.2 Å². The Bertz CT molecular complexity index is 982. The molecule has 6 heteroatoms. The summed E-state index contributed by atoms with van der Waals surface area (Å²) in [7, 11) is 0. The summed E-state index contributed by atoms with van der Waals surface area (Å²) in [6, 6.07) is 7.52. The Hall–Kier alpha value is -2.89. The molecule has 2 aromatic rings. The maximum absolute atomic E-state index is 14.6. The number of Topliss-reactive ketones (excluding diaryl/α,β-unsaturated/α-hetero) is 1. The molecule has 2 aliphatic rings. The van der Waals surface area contributed by atoms with E-state index in [2.05, 4.69) is 10.6 Å². The summed E-state index contributed by atoms with van der Waals surface area (Å²) in [5, 5.41) is 16.6. The van der Waals surface area contributed by atoms with E-state index < -0.39 is 17.7 Å². The molecule has 140 valence electrons. The zero-order valence-corrected chi connectivity index (χ0v) is 15.1. The van der Waals surface area contributed by atoms with Crippen molar-refractivity contribution in [1.82, 2.24) is 0 Å². The number of fused-ring (bicyclic) bond motifs is 1. The van der Waals surface area contributed by atoms with Crippen LogP contribution < -0.4 is 10.6 Å². The second-order valence-electron chi connectivity index (χ2n) is 7.90. The SMILES string of the molecule is CC1(C)CC(=O)C2=C(C1)Nc1c(O)cccc1NC2c1ccc(F)cc1F. The number of rotatable bonds is 1. The predicted octanol–water partition coefficient (Wildman–Crippen LogP) is 4.89. The number of nitrogens with one attached hydrogen (secondary N) is 2. The first-order valence-electron chi connectivity index (χ1n) is 8.82. The zero-order valence-electron chi connectivity index (χ0n) is 15.1. The number of benzene rings is 2. The largest absolute Gasteiger partial charge is 0.506 e. The first-order chi connectivity index (χ1) is 12.7. The highest BCUT2D eigenvalue weighted by atomic mass is 19.1. The minimum absolute atomic E-state index is 0.0305. The smallest absolute Gasteiger partial charge is 0.163 e. The van der Waals surface area contributed by atoms with E-state index in [0.717, 1.165) is 6.07 Å². The molecule has 0 radical (unpaired) electrons. The third kappa shape index (κ3) is 3.05. The first kappa shape index (κ1) is 17.5. The number of hydrogen-bond acceptors (Lipinski definition) is 4. The summed E-state index contributed by atoms with van der Waals surface area (Å²) in [6.07, 6.45) is 0.902. The number of ketones is 1. The van der Waals surface area contributed by atoms with Crippen molar-refractivity contribution < 1.29 is 18.7 Å². The van der Waals surface area contributed by atoms with Crippen molar-refractivity contribution in [2.45, 2.75) is 32.7 Å². The second kappa shape index (κ2) is 6.08. The standard InChI is InChI=1S/C21H20F2N2O2/c1-21(2)9-15-18(17(27)10-21)19(12-7-6-11(22)8-13(12)23)24-14-4-3-5-16(26)20(14)25-15/h3-8,19,24-26H,9-10H2,1-2H3. The lowest BCUT2D eigenvalue weighted by atomic mass is 9.73. The highest BCUT2D eigenvalue weighted by Gasteiger charge is 2.39. The number of carbonyl (C=O) groups is 1. The normalized spacial score (nSPS) is 20.9. The fraction of sp³-hybridized carbons (Fsp3) is 0.286. The molecule has 1 atom stereocenters. The van der Waals surface area contributed by atoms with Crippen LogP contribution in [0.1, 0.15) is 38.3 Å². The zero-order chi connectivity index (χ0) is 19.3. The van der Waals surface area contributed by atoms with Crippen molar-refractivity contribution in [3.8, 4) is 5.75 Å². The molecule has 0 saturated carbocycles. The monoisotopic (exact) mass is 370 g/mol. The molecular formula is C21H20F2N2O2. The van der Waals surface area contributed by atoms with Crippen LogP contribution in [0, 0.1) is 17.0 Å². The Labute approximate surface area is 155 Å². The summed E-state index contributed by atoms with van der Waals surface area (Å²) in [4.78, 5) is 13.0. The van der Waals surface area contributed by atoms with Gasteiger partial charge in [0.1, 0.15) is 23.1 Å². The maximum Gasteiger partial charge on any atom is 0.163 e. The number of carbonyl (C=O) groups excluding carboxylic acids is 1. The van der Waals surface area contributed by atoms with Gasteiger partial charge in [-0.3, -0.25) is 4.79 Å². The second-order valence-corrected chi connectivity index (χ2v) is 7.90. The molecule has 0 fully saturated rings. The Kier molecular flexibility index (Phi) is 3.94. The molecule has 0 aromatic heterocycles. The number of hydrogen-bond donors (Lipinski definition) is 3. The number of anilines is 2. The van der Waals surface area contributed by atoms with Gasteiger partial charge < -0.3 is 15.7 Å². The summed E-state index contributed by atoms with van der Waals surface area (Å²) in [6.45, 7) is 3.99. The van der Waals surface area contributed by atoms with Gasteiger partial charge in [-0.05, 0) is 30.0 Å². The van der Waals surface area contributed by atoms with Crippen molar-refractivity contribution in [3.05, 3.63) is 64.9 Å². The molecular weight excluding hydrogens is 350 g/mol. The van der Waals surface area contributed by atoms with E-state index in [0.29, 0.717) is 35.5 Å². The highest BCUT2D eigenvalue weighted by Crippen LogP contribution is 2.47. The molecule has 0 amide bonds. The van der Waals surface area contributed by atoms with Crippen molar-refractivity contribution in [3.63, 3.8) is 0 Å². The summed E-state index contributed by atoms with van der Waals surface area (Å²) in [5.74, 6) is -1.46. The fourth-order valence-corrected chi connectivity index (χ4v) is 3.92. The number of phenolic OH excluding ortho intramolecular Hbond substituents is 1. The molecule has 0 saturated heterocycles. The number of para-hydroxylation sites is 1. The van der Waals surface area contributed by atoms with Crippen LogP contribution in [0.5, 0.6) is 5.75 Å². The maximum atomic E-state index is 14.6. The third-order valence-electron chi connectivity index (χ3n) is 5.10. The van der Waals surface area contributed by atoms with Gasteiger partial charge in [-0.1, -0.05) is 26.0 Å². The number of aromatic hydroxyl groups is 1. The van der Waals surface area contributed by atoms with E-state index in [-0.39, 0.29) is 22.5 Å². The van der Waals surface area contributed by atoms with E-state index >= 15 is 0 Å². The van der Waals surface area contributed by atoms with Crippen LogP contribution in [-0.4, -0.2) is 10.9 Å². The predicted molar refractivity (Wildman–Crippen MR) is 99.5 cm³/mol. The quantitative estimate of drug-likeness (QED) is 0.626. The van der Waals surface area contributed by atoms with Crippen molar-refractivity contribution in [1.29, 1.82) is 0 Å². The van der Waals surface area contributed by atoms with Gasteiger partial charge in [-0.15, -0.1) is 0 Å². The highest BCUT2D eigenvalue weighted by molar-refractivity contribution is 6.01. The van der Waals surface area contributed by atoms with Crippen LogP contribution in [0.3, 0.4) is 0 Å². The Morgan fingerprint density at radius 1 is 1.15 bits per heavy atom. The average molecular weight is 370 g/mol. The summed E-state index contributed by atoms with van der Waals surface area (Å²) < 4.78 is 28.0. The fourth-order valence-electron chi connectivity index (χ4n) is 3.92. The van der Waals surface area contributed by atoms with Gasteiger partial charge in [0.05, 0.1) is 11.7 Å². The topological polar surface area (TPSA) is 61.4 Å². The third-order valence-corrected chi connectivity index (χ3v) is 5.10. The lowest BCUT2D eigenvalue weighted by Gasteiger charge is -2.34. The Balaban J connectivity index is 1.93. The van der Waals surface area contributed by atoms with Crippen LogP contribution in [-0.2, 0) is 4.79 Å². The molecule has 0 spiro atoms. The molecule has 1 aliphatic heterocycles. The molecule has 27 heavy (non-hydrogen) atoms. The van der Waals surface area contributed by atoms with Crippen molar-refractivity contribution >= 4 is 17.2 Å². The van der Waals surface area contributed by atoms with Gasteiger partial charge in [0.25, 0.3) is 0 Å². The average Bonchev–Trinajstić information content (AvgIpc) is 2.71. The molecule has 1 unspecified atom stereocenters. The Morgan fingerprint density at radius 2 is 1.93 bits per heavy atom. The first-order valence-corrected chi connectivity index (χ1v) is 8.82. The van der Waals surface area contributed by atoms with Crippen molar-refractivity contribution in [2.75, 3.05) is 10.6 Å². The molecule has 3 N–H and O–H groups in total. The number of allylic oxidation sites excluding steroid dienone is 1. The molecule has 0 bridgehead atoms. The van der Waals surface area contributed by atoms with Crippen LogP contribution in [0.25, 0.3) is 0 Å². The van der Waals surface area contributed by atoms with Crippen LogP contribution in [0.15, 0.2) is 47.7 Å². The van der Waals surface area contributed by atoms with E-state index in [1.165, 1.54) is 12.1 Å². The van der Waals surface area contributed by atoms with Crippen molar-refractivity contribution in [2.24, 2.45) is 5.41 Å². The minimum Gasteiger partial charge on any atom is -0.506 e. The van der Waals surface area contributed by atoms with Crippen LogP contribution >= 0.6 is 0 Å². The molecule has 4 rings (SSSR count). The molecule has 1 aliphatic carbocycles. The van der Waals surface area contributed by atoms with E-state index in [9.17, 15) is 18.7 Å². The lowest BCUT2D eigenvalue weighted by Crippen LogP contribution is -2.31.